The summed E-state index contributed by atoms with van der Waals surface area (Å²) in [5.74, 6) is 1.73. The van der Waals surface area contributed by atoms with Gasteiger partial charge in [-0.15, -0.1) is 11.3 Å². The van der Waals surface area contributed by atoms with E-state index in [9.17, 15) is 0 Å². The molecule has 0 spiro atoms. The highest BCUT2D eigenvalue weighted by Crippen LogP contribution is 2.34. The highest BCUT2D eigenvalue weighted by atomic mass is 127. The van der Waals surface area contributed by atoms with Crippen LogP contribution in [-0.2, 0) is 5.41 Å². The molecule has 0 bridgehead atoms. The van der Waals surface area contributed by atoms with E-state index in [0.717, 1.165) is 26.5 Å². The molecule has 0 aromatic carbocycles. The number of nitrogens with one attached hydrogen (secondary N) is 1. The number of anilines is 1. The second-order valence-electron chi connectivity index (χ2n) is 5.89. The topological polar surface area (TPSA) is 37.8 Å². The molecule has 20 heavy (non-hydrogen) atoms. The van der Waals surface area contributed by atoms with E-state index in [4.69, 9.17) is 4.98 Å². The van der Waals surface area contributed by atoms with Crippen LogP contribution in [0.5, 0.6) is 0 Å². The van der Waals surface area contributed by atoms with Gasteiger partial charge in [-0.3, -0.25) is 0 Å². The average molecular weight is 401 g/mol. The predicted octanol–water partition coefficient (Wildman–Crippen LogP) is 4.77. The Morgan fingerprint density at radius 1 is 1.20 bits per heavy atom. The minimum atomic E-state index is -0.00121. The minimum Gasteiger partial charge on any atom is -0.372 e. The van der Waals surface area contributed by atoms with Crippen molar-refractivity contribution in [3.8, 4) is 11.4 Å². The smallest absolute Gasteiger partial charge is 0.162 e. The van der Waals surface area contributed by atoms with Crippen molar-refractivity contribution >= 4 is 39.7 Å². The van der Waals surface area contributed by atoms with E-state index in [0.29, 0.717) is 0 Å². The summed E-state index contributed by atoms with van der Waals surface area (Å²) < 4.78 is 1.10. The molecular weight excluding hydrogens is 381 g/mol. The van der Waals surface area contributed by atoms with Gasteiger partial charge in [0.1, 0.15) is 5.82 Å². The van der Waals surface area contributed by atoms with Gasteiger partial charge < -0.3 is 5.32 Å². The molecule has 5 heteroatoms. The van der Waals surface area contributed by atoms with Gasteiger partial charge in [-0.1, -0.05) is 20.8 Å². The van der Waals surface area contributed by atoms with Crippen LogP contribution in [0.4, 0.5) is 5.82 Å². The van der Waals surface area contributed by atoms with Crippen LogP contribution in [0.3, 0.4) is 0 Å². The third kappa shape index (κ3) is 2.98. The number of nitrogens with zero attached hydrogens (tertiary/aromatic N) is 2. The minimum absolute atomic E-state index is 0.00121. The third-order valence-electron chi connectivity index (χ3n) is 3.08. The zero-order chi connectivity index (χ0) is 15.1. The van der Waals surface area contributed by atoms with Crippen molar-refractivity contribution in [3.63, 3.8) is 0 Å². The van der Waals surface area contributed by atoms with Gasteiger partial charge in [0.2, 0.25) is 0 Å². The largest absolute Gasteiger partial charge is 0.372 e. The van der Waals surface area contributed by atoms with Crippen LogP contribution in [0, 0.1) is 17.4 Å². The standard InChI is InChI=1S/C15H20IN3S/c1-8-7-10(9(2)20-8)13-18-12(15(3,4)5)11(16)14(17-6)19-13/h7H,1-6H3,(H,17,18,19). The van der Waals surface area contributed by atoms with Gasteiger partial charge in [-0.05, 0) is 42.5 Å². The molecule has 1 N–H and O–H groups in total. The molecule has 0 amide bonds. The van der Waals surface area contributed by atoms with Crippen molar-refractivity contribution in [2.24, 2.45) is 0 Å². The van der Waals surface area contributed by atoms with Crippen LogP contribution in [0.25, 0.3) is 11.4 Å². The number of thiophene rings is 1. The molecule has 0 atom stereocenters. The van der Waals surface area contributed by atoms with Gasteiger partial charge in [0.25, 0.3) is 0 Å². The molecule has 0 saturated heterocycles. The lowest BCUT2D eigenvalue weighted by Crippen LogP contribution is -2.18. The first-order valence-electron chi connectivity index (χ1n) is 6.57. The van der Waals surface area contributed by atoms with Crippen LogP contribution in [0.1, 0.15) is 36.2 Å². The highest BCUT2D eigenvalue weighted by molar-refractivity contribution is 14.1. The molecule has 0 unspecified atom stereocenters. The van der Waals surface area contributed by atoms with Crippen LogP contribution >= 0.6 is 33.9 Å². The van der Waals surface area contributed by atoms with Gasteiger partial charge in [-0.2, -0.15) is 0 Å². The second-order valence-corrected chi connectivity index (χ2v) is 8.42. The SMILES string of the molecule is CNc1nc(-c2cc(C)sc2C)nc(C(C)(C)C)c1I. The summed E-state index contributed by atoms with van der Waals surface area (Å²) in [6.45, 7) is 10.8. The Balaban J connectivity index is 2.69. The summed E-state index contributed by atoms with van der Waals surface area (Å²) in [7, 11) is 1.91. The quantitative estimate of drug-likeness (QED) is 0.737. The van der Waals surface area contributed by atoms with Crippen LogP contribution < -0.4 is 5.32 Å². The van der Waals surface area contributed by atoms with E-state index in [-0.39, 0.29) is 5.41 Å². The number of halogens is 1. The number of rotatable bonds is 2. The molecule has 0 aliphatic rings. The van der Waals surface area contributed by atoms with Crippen molar-refractivity contribution in [1.82, 2.24) is 9.97 Å². The normalized spacial score (nSPS) is 11.8. The fourth-order valence-electron chi connectivity index (χ4n) is 2.08. The molecule has 108 valence electrons. The number of hydrogen-bond acceptors (Lipinski definition) is 4. The predicted molar refractivity (Wildman–Crippen MR) is 95.8 cm³/mol. The Labute approximate surface area is 138 Å². The molecule has 2 rings (SSSR count). The zero-order valence-corrected chi connectivity index (χ0v) is 15.7. The molecule has 2 aromatic rings. The maximum Gasteiger partial charge on any atom is 0.162 e. The van der Waals surface area contributed by atoms with Crippen molar-refractivity contribution in [1.29, 1.82) is 0 Å². The highest BCUT2D eigenvalue weighted by Gasteiger charge is 2.24. The van der Waals surface area contributed by atoms with Crippen molar-refractivity contribution in [3.05, 3.63) is 25.1 Å². The fraction of sp³-hybridized carbons (Fsp3) is 0.467. The summed E-state index contributed by atoms with van der Waals surface area (Å²) >= 11 is 4.12. The average Bonchev–Trinajstić information content (AvgIpc) is 2.67. The summed E-state index contributed by atoms with van der Waals surface area (Å²) in [4.78, 5) is 12.1. The van der Waals surface area contributed by atoms with E-state index < -0.39 is 0 Å². The van der Waals surface area contributed by atoms with Crippen molar-refractivity contribution in [2.75, 3.05) is 12.4 Å². The Morgan fingerprint density at radius 2 is 1.85 bits per heavy atom. The summed E-state index contributed by atoms with van der Waals surface area (Å²) in [6, 6.07) is 2.17. The lowest BCUT2D eigenvalue weighted by molar-refractivity contribution is 0.564. The number of aromatic nitrogens is 2. The molecule has 3 nitrogen and oxygen atoms in total. The summed E-state index contributed by atoms with van der Waals surface area (Å²) in [6.07, 6.45) is 0. The summed E-state index contributed by atoms with van der Waals surface area (Å²) in [5, 5.41) is 3.19. The van der Waals surface area contributed by atoms with Gasteiger partial charge in [0, 0.05) is 27.8 Å². The first-order chi connectivity index (χ1) is 9.24. The molecule has 0 saturated carbocycles. The molecule has 0 fully saturated rings. The first kappa shape index (κ1) is 15.7. The molecule has 2 heterocycles. The monoisotopic (exact) mass is 401 g/mol. The van der Waals surface area contributed by atoms with Crippen LogP contribution in [-0.4, -0.2) is 17.0 Å². The van der Waals surface area contributed by atoms with E-state index in [1.807, 2.05) is 7.05 Å². The Bertz CT molecular complexity index is 641. The maximum absolute atomic E-state index is 4.84. The fourth-order valence-corrected chi connectivity index (χ4v) is 4.32. The molecular formula is C15H20IN3S. The van der Waals surface area contributed by atoms with Gasteiger partial charge in [-0.25, -0.2) is 9.97 Å². The van der Waals surface area contributed by atoms with Crippen molar-refractivity contribution < 1.29 is 0 Å². The summed E-state index contributed by atoms with van der Waals surface area (Å²) in [5.41, 5.74) is 2.24. The van der Waals surface area contributed by atoms with E-state index in [1.165, 1.54) is 9.75 Å². The number of aryl methyl sites for hydroxylation is 2. The maximum atomic E-state index is 4.84. The van der Waals surface area contributed by atoms with Crippen LogP contribution in [0.2, 0.25) is 0 Å². The van der Waals surface area contributed by atoms with Crippen LogP contribution in [0.15, 0.2) is 6.07 Å². The zero-order valence-electron chi connectivity index (χ0n) is 12.8. The molecule has 0 aliphatic heterocycles. The van der Waals surface area contributed by atoms with Gasteiger partial charge >= 0.3 is 0 Å². The number of hydrogen-bond donors (Lipinski definition) is 1. The third-order valence-corrected chi connectivity index (χ3v) is 5.07. The Morgan fingerprint density at radius 3 is 2.30 bits per heavy atom. The van der Waals surface area contributed by atoms with E-state index >= 15 is 0 Å². The van der Waals surface area contributed by atoms with Gasteiger partial charge in [0.05, 0.1) is 9.26 Å². The molecule has 0 radical (unpaired) electrons. The lowest BCUT2D eigenvalue weighted by Gasteiger charge is -2.21. The molecule has 2 aromatic heterocycles. The first-order valence-corrected chi connectivity index (χ1v) is 8.46. The lowest BCUT2D eigenvalue weighted by atomic mass is 9.91. The van der Waals surface area contributed by atoms with E-state index in [1.54, 1.807) is 11.3 Å². The second kappa shape index (κ2) is 5.60. The van der Waals surface area contributed by atoms with E-state index in [2.05, 4.69) is 73.6 Å². The molecule has 0 aliphatic carbocycles. The Hall–Kier alpha value is -0.690. The Kier molecular flexibility index (Phi) is 4.39. The van der Waals surface area contributed by atoms with Crippen molar-refractivity contribution in [2.45, 2.75) is 40.0 Å². The van der Waals surface area contributed by atoms with Gasteiger partial charge in [0.15, 0.2) is 5.82 Å².